The van der Waals surface area contributed by atoms with E-state index in [1.54, 1.807) is 7.11 Å². The maximum atomic E-state index is 6.05. The zero-order chi connectivity index (χ0) is 13.7. The van der Waals surface area contributed by atoms with E-state index < -0.39 is 0 Å². The van der Waals surface area contributed by atoms with Gasteiger partial charge in [0.2, 0.25) is 0 Å². The Kier molecular flexibility index (Phi) is 5.86. The molecule has 0 spiro atoms. The second-order valence-electron chi connectivity index (χ2n) is 4.92. The van der Waals surface area contributed by atoms with Gasteiger partial charge in [0, 0.05) is 28.4 Å². The molecule has 2 nitrogen and oxygen atoms in total. The molecule has 1 fully saturated rings. The molecule has 0 radical (unpaired) electrons. The molecule has 1 aromatic rings. The summed E-state index contributed by atoms with van der Waals surface area (Å²) in [5, 5.41) is 5.24. The number of hydrogen-bond donors (Lipinski definition) is 1. The van der Waals surface area contributed by atoms with Crippen LogP contribution in [0.4, 0.5) is 0 Å². The standard InChI is InChI=1S/C15H22ClNOS/c1-3-19-14-6-5-13(9-14)17-10-11-8-12(16)4-7-15(11)18-2/h4,7-8,13-14,17H,3,5-6,9-10H2,1-2H3. The van der Waals surface area contributed by atoms with Crippen molar-refractivity contribution in [2.45, 2.75) is 44.0 Å². The second-order valence-corrected chi connectivity index (χ2v) is 6.94. The van der Waals surface area contributed by atoms with Gasteiger partial charge in [-0.3, -0.25) is 0 Å². The van der Waals surface area contributed by atoms with E-state index in [9.17, 15) is 0 Å². The van der Waals surface area contributed by atoms with Gasteiger partial charge in [-0.25, -0.2) is 0 Å². The highest BCUT2D eigenvalue weighted by Crippen LogP contribution is 2.30. The van der Waals surface area contributed by atoms with Gasteiger partial charge in [-0.05, 0) is 43.2 Å². The van der Waals surface area contributed by atoms with Crippen LogP contribution in [0, 0.1) is 0 Å². The van der Waals surface area contributed by atoms with E-state index in [1.807, 2.05) is 18.2 Å². The molecule has 4 heteroatoms. The predicted octanol–water partition coefficient (Wildman–Crippen LogP) is 4.11. The number of ether oxygens (including phenoxy) is 1. The summed E-state index contributed by atoms with van der Waals surface area (Å²) in [6.45, 7) is 3.07. The van der Waals surface area contributed by atoms with Crippen LogP contribution in [0.5, 0.6) is 5.75 Å². The number of rotatable bonds is 6. The summed E-state index contributed by atoms with van der Waals surface area (Å²) in [5.74, 6) is 2.13. The summed E-state index contributed by atoms with van der Waals surface area (Å²) in [6.07, 6.45) is 3.89. The third-order valence-electron chi connectivity index (χ3n) is 3.61. The third kappa shape index (κ3) is 4.30. The van der Waals surface area contributed by atoms with Crippen molar-refractivity contribution in [1.29, 1.82) is 0 Å². The fourth-order valence-electron chi connectivity index (χ4n) is 2.65. The molecule has 1 aliphatic carbocycles. The minimum atomic E-state index is 0.632. The number of benzene rings is 1. The Labute approximate surface area is 125 Å². The van der Waals surface area contributed by atoms with Gasteiger partial charge in [-0.1, -0.05) is 18.5 Å². The van der Waals surface area contributed by atoms with E-state index in [4.69, 9.17) is 16.3 Å². The molecule has 1 aliphatic rings. The van der Waals surface area contributed by atoms with Crippen LogP contribution in [0.3, 0.4) is 0 Å². The highest BCUT2D eigenvalue weighted by atomic mass is 35.5. The maximum Gasteiger partial charge on any atom is 0.123 e. The summed E-state index contributed by atoms with van der Waals surface area (Å²) >= 11 is 8.14. The van der Waals surface area contributed by atoms with Gasteiger partial charge in [-0.2, -0.15) is 11.8 Å². The first kappa shape index (κ1) is 15.0. The van der Waals surface area contributed by atoms with Crippen LogP contribution in [0.15, 0.2) is 18.2 Å². The highest BCUT2D eigenvalue weighted by molar-refractivity contribution is 7.99. The molecule has 19 heavy (non-hydrogen) atoms. The summed E-state index contributed by atoms with van der Waals surface area (Å²) in [5.41, 5.74) is 1.14. The lowest BCUT2D eigenvalue weighted by atomic mass is 10.1. The molecule has 106 valence electrons. The number of nitrogens with one attached hydrogen (secondary N) is 1. The minimum Gasteiger partial charge on any atom is -0.496 e. The number of halogens is 1. The van der Waals surface area contributed by atoms with Gasteiger partial charge in [-0.15, -0.1) is 0 Å². The first-order chi connectivity index (χ1) is 9.22. The zero-order valence-corrected chi connectivity index (χ0v) is 13.2. The first-order valence-electron chi connectivity index (χ1n) is 6.90. The topological polar surface area (TPSA) is 21.3 Å². The Bertz CT molecular complexity index is 413. The van der Waals surface area contributed by atoms with Crippen molar-refractivity contribution in [2.24, 2.45) is 0 Å². The van der Waals surface area contributed by atoms with Crippen LogP contribution in [-0.4, -0.2) is 24.2 Å². The van der Waals surface area contributed by atoms with Crippen molar-refractivity contribution < 1.29 is 4.74 Å². The van der Waals surface area contributed by atoms with Crippen LogP contribution in [0.1, 0.15) is 31.7 Å². The molecule has 2 unspecified atom stereocenters. The quantitative estimate of drug-likeness (QED) is 0.854. The minimum absolute atomic E-state index is 0.632. The Morgan fingerprint density at radius 2 is 2.26 bits per heavy atom. The molecule has 2 rings (SSSR count). The van der Waals surface area contributed by atoms with E-state index >= 15 is 0 Å². The van der Waals surface area contributed by atoms with Gasteiger partial charge >= 0.3 is 0 Å². The normalized spacial score (nSPS) is 22.7. The van der Waals surface area contributed by atoms with Crippen molar-refractivity contribution in [2.75, 3.05) is 12.9 Å². The predicted molar refractivity (Wildman–Crippen MR) is 84.4 cm³/mol. The van der Waals surface area contributed by atoms with Gasteiger partial charge in [0.1, 0.15) is 5.75 Å². The average Bonchev–Trinajstić information content (AvgIpc) is 2.85. The molecule has 1 N–H and O–H groups in total. The SMILES string of the molecule is CCSC1CCC(NCc2cc(Cl)ccc2OC)C1. The Morgan fingerprint density at radius 3 is 3.00 bits per heavy atom. The zero-order valence-electron chi connectivity index (χ0n) is 11.6. The molecule has 1 aromatic carbocycles. The third-order valence-corrected chi connectivity index (χ3v) is 5.08. The molecule has 0 saturated heterocycles. The van der Waals surface area contributed by atoms with Crippen LogP contribution in [-0.2, 0) is 6.54 Å². The maximum absolute atomic E-state index is 6.05. The largest absolute Gasteiger partial charge is 0.496 e. The lowest BCUT2D eigenvalue weighted by Crippen LogP contribution is -2.26. The fourth-order valence-corrected chi connectivity index (χ4v) is 3.99. The van der Waals surface area contributed by atoms with Gasteiger partial charge in [0.25, 0.3) is 0 Å². The number of thioether (sulfide) groups is 1. The van der Waals surface area contributed by atoms with Crippen molar-refractivity contribution in [3.8, 4) is 5.75 Å². The molecule has 0 heterocycles. The second kappa shape index (κ2) is 7.41. The molecule has 0 aliphatic heterocycles. The van der Waals surface area contributed by atoms with Crippen molar-refractivity contribution >= 4 is 23.4 Å². The molecular weight excluding hydrogens is 278 g/mol. The Hall–Kier alpha value is -0.380. The van der Waals surface area contributed by atoms with Crippen LogP contribution >= 0.6 is 23.4 Å². The highest BCUT2D eigenvalue weighted by Gasteiger charge is 2.24. The molecular formula is C15H22ClNOS. The summed E-state index contributed by atoms with van der Waals surface area (Å²) in [4.78, 5) is 0. The van der Waals surface area contributed by atoms with Crippen molar-refractivity contribution in [3.63, 3.8) is 0 Å². The summed E-state index contributed by atoms with van der Waals surface area (Å²) < 4.78 is 5.37. The first-order valence-corrected chi connectivity index (χ1v) is 8.33. The molecule has 0 amide bonds. The molecule has 1 saturated carbocycles. The van der Waals surface area contributed by atoms with Crippen LogP contribution in [0.25, 0.3) is 0 Å². The van der Waals surface area contributed by atoms with Crippen molar-refractivity contribution in [3.05, 3.63) is 28.8 Å². The summed E-state index contributed by atoms with van der Waals surface area (Å²) in [6, 6.07) is 6.42. The van der Waals surface area contributed by atoms with Crippen LogP contribution in [0.2, 0.25) is 5.02 Å². The lowest BCUT2D eigenvalue weighted by Gasteiger charge is -2.15. The Balaban J connectivity index is 1.87. The number of methoxy groups -OCH3 is 1. The molecule has 0 bridgehead atoms. The number of hydrogen-bond acceptors (Lipinski definition) is 3. The van der Waals surface area contributed by atoms with Crippen molar-refractivity contribution in [1.82, 2.24) is 5.32 Å². The lowest BCUT2D eigenvalue weighted by molar-refractivity contribution is 0.405. The van der Waals surface area contributed by atoms with E-state index in [0.717, 1.165) is 28.1 Å². The van der Waals surface area contributed by atoms with Crippen LogP contribution < -0.4 is 10.1 Å². The monoisotopic (exact) mass is 299 g/mol. The Morgan fingerprint density at radius 1 is 1.42 bits per heavy atom. The smallest absolute Gasteiger partial charge is 0.123 e. The molecule has 2 atom stereocenters. The van der Waals surface area contributed by atoms with Gasteiger partial charge < -0.3 is 10.1 Å². The van der Waals surface area contributed by atoms with E-state index in [-0.39, 0.29) is 0 Å². The van der Waals surface area contributed by atoms with E-state index in [0.29, 0.717) is 6.04 Å². The molecule has 0 aromatic heterocycles. The van der Waals surface area contributed by atoms with E-state index in [1.165, 1.54) is 25.0 Å². The summed E-state index contributed by atoms with van der Waals surface area (Å²) in [7, 11) is 1.70. The average molecular weight is 300 g/mol. The van der Waals surface area contributed by atoms with E-state index in [2.05, 4.69) is 24.0 Å². The van der Waals surface area contributed by atoms with Gasteiger partial charge in [0.05, 0.1) is 7.11 Å². The van der Waals surface area contributed by atoms with Gasteiger partial charge in [0.15, 0.2) is 0 Å². The fraction of sp³-hybridized carbons (Fsp3) is 0.600.